The molecule has 4 nitrogen and oxygen atoms in total. The van der Waals surface area contributed by atoms with Gasteiger partial charge in [-0.1, -0.05) is 26.0 Å². The minimum absolute atomic E-state index is 0.0414. The van der Waals surface area contributed by atoms with Crippen LogP contribution in [0.1, 0.15) is 44.9 Å². The van der Waals surface area contributed by atoms with Gasteiger partial charge in [-0.05, 0) is 38.3 Å². The topological polar surface area (TPSA) is 58.6 Å². The SMILES string of the molecule is Cc1ccc([C@@H](C)O)c(OCC(=O)NC(C)C(C)C)c1. The fourth-order valence-electron chi connectivity index (χ4n) is 1.72. The number of nitrogens with one attached hydrogen (secondary N) is 1. The van der Waals surface area contributed by atoms with Gasteiger partial charge in [-0.3, -0.25) is 4.79 Å². The summed E-state index contributed by atoms with van der Waals surface area (Å²) >= 11 is 0. The van der Waals surface area contributed by atoms with Crippen LogP contribution in [0.15, 0.2) is 18.2 Å². The average molecular weight is 279 g/mol. The van der Waals surface area contributed by atoms with Gasteiger partial charge in [-0.15, -0.1) is 0 Å². The van der Waals surface area contributed by atoms with E-state index in [0.29, 0.717) is 17.2 Å². The van der Waals surface area contributed by atoms with Gasteiger partial charge in [-0.2, -0.15) is 0 Å². The Balaban J connectivity index is 2.65. The molecule has 0 saturated carbocycles. The molecule has 1 rings (SSSR count). The Hall–Kier alpha value is -1.55. The van der Waals surface area contributed by atoms with E-state index < -0.39 is 6.10 Å². The number of hydrogen-bond donors (Lipinski definition) is 2. The van der Waals surface area contributed by atoms with Gasteiger partial charge in [0.15, 0.2) is 6.61 Å². The molecule has 2 atom stereocenters. The van der Waals surface area contributed by atoms with Gasteiger partial charge in [-0.25, -0.2) is 0 Å². The van der Waals surface area contributed by atoms with Crippen LogP contribution in [0, 0.1) is 12.8 Å². The second-order valence-corrected chi connectivity index (χ2v) is 5.61. The maximum atomic E-state index is 11.8. The van der Waals surface area contributed by atoms with Gasteiger partial charge in [0.25, 0.3) is 5.91 Å². The quantitative estimate of drug-likeness (QED) is 0.841. The van der Waals surface area contributed by atoms with Crippen LogP contribution in [-0.2, 0) is 4.79 Å². The molecular weight excluding hydrogens is 254 g/mol. The zero-order chi connectivity index (χ0) is 15.3. The van der Waals surface area contributed by atoms with E-state index >= 15 is 0 Å². The standard InChI is InChI=1S/C16H25NO3/c1-10(2)12(4)17-16(19)9-20-15-8-11(3)6-7-14(15)13(5)18/h6-8,10,12-13,18H,9H2,1-5H3,(H,17,19)/t12?,13-/m1/s1. The largest absolute Gasteiger partial charge is 0.483 e. The van der Waals surface area contributed by atoms with Crippen molar-refractivity contribution in [1.29, 1.82) is 0 Å². The molecule has 20 heavy (non-hydrogen) atoms. The molecule has 1 aromatic carbocycles. The molecule has 1 aromatic rings. The lowest BCUT2D eigenvalue weighted by Gasteiger charge is -2.18. The highest BCUT2D eigenvalue weighted by Gasteiger charge is 2.13. The minimum Gasteiger partial charge on any atom is -0.483 e. The van der Waals surface area contributed by atoms with Gasteiger partial charge in [0.05, 0.1) is 6.10 Å². The normalized spacial score (nSPS) is 13.9. The molecule has 0 aromatic heterocycles. The van der Waals surface area contributed by atoms with E-state index in [4.69, 9.17) is 4.74 Å². The van der Waals surface area contributed by atoms with Gasteiger partial charge in [0, 0.05) is 11.6 Å². The molecule has 0 aliphatic heterocycles. The number of carbonyl (C=O) groups excluding carboxylic acids is 1. The summed E-state index contributed by atoms with van der Waals surface area (Å²) in [4.78, 5) is 11.8. The van der Waals surface area contributed by atoms with Crippen LogP contribution in [0.3, 0.4) is 0 Å². The van der Waals surface area contributed by atoms with E-state index in [0.717, 1.165) is 5.56 Å². The van der Waals surface area contributed by atoms with Crippen LogP contribution < -0.4 is 10.1 Å². The van der Waals surface area contributed by atoms with Crippen LogP contribution in [-0.4, -0.2) is 23.7 Å². The fraction of sp³-hybridized carbons (Fsp3) is 0.562. The zero-order valence-electron chi connectivity index (χ0n) is 12.9. The monoisotopic (exact) mass is 279 g/mol. The average Bonchev–Trinajstić information content (AvgIpc) is 2.35. The number of rotatable bonds is 6. The van der Waals surface area contributed by atoms with E-state index in [1.807, 2.05) is 32.0 Å². The molecule has 4 heteroatoms. The lowest BCUT2D eigenvalue weighted by Crippen LogP contribution is -2.39. The molecule has 1 unspecified atom stereocenters. The smallest absolute Gasteiger partial charge is 0.258 e. The summed E-state index contributed by atoms with van der Waals surface area (Å²) in [5.41, 5.74) is 1.72. The van der Waals surface area contributed by atoms with Gasteiger partial charge < -0.3 is 15.2 Å². The molecule has 0 fully saturated rings. The summed E-state index contributed by atoms with van der Waals surface area (Å²) in [6.07, 6.45) is -0.622. The van der Waals surface area contributed by atoms with Crippen LogP contribution in [0.25, 0.3) is 0 Å². The van der Waals surface area contributed by atoms with Crippen molar-refractivity contribution in [3.8, 4) is 5.75 Å². The van der Waals surface area contributed by atoms with Crippen LogP contribution >= 0.6 is 0 Å². The zero-order valence-corrected chi connectivity index (χ0v) is 12.9. The van der Waals surface area contributed by atoms with Crippen molar-refractivity contribution in [2.45, 2.75) is 46.8 Å². The second-order valence-electron chi connectivity index (χ2n) is 5.61. The van der Waals surface area contributed by atoms with Crippen LogP contribution in [0.4, 0.5) is 0 Å². The third-order valence-electron chi connectivity index (χ3n) is 3.37. The van der Waals surface area contributed by atoms with Crippen molar-refractivity contribution in [2.24, 2.45) is 5.92 Å². The highest BCUT2D eigenvalue weighted by molar-refractivity contribution is 5.77. The maximum absolute atomic E-state index is 11.8. The molecule has 2 N–H and O–H groups in total. The van der Waals surface area contributed by atoms with E-state index in [1.165, 1.54) is 0 Å². The number of hydrogen-bond acceptors (Lipinski definition) is 3. The molecule has 0 spiro atoms. The summed E-state index contributed by atoms with van der Waals surface area (Å²) < 4.78 is 5.55. The number of benzene rings is 1. The van der Waals surface area contributed by atoms with E-state index in [1.54, 1.807) is 6.92 Å². The Bertz CT molecular complexity index is 455. The van der Waals surface area contributed by atoms with Gasteiger partial charge in [0.1, 0.15) is 5.75 Å². The number of aliphatic hydroxyl groups excluding tert-OH is 1. The lowest BCUT2D eigenvalue weighted by atomic mass is 10.1. The Labute approximate surface area is 121 Å². The van der Waals surface area contributed by atoms with E-state index in [-0.39, 0.29) is 18.6 Å². The molecule has 1 amide bonds. The maximum Gasteiger partial charge on any atom is 0.258 e. The minimum atomic E-state index is -0.622. The van der Waals surface area contributed by atoms with Gasteiger partial charge >= 0.3 is 0 Å². The lowest BCUT2D eigenvalue weighted by molar-refractivity contribution is -0.124. The predicted molar refractivity (Wildman–Crippen MR) is 79.8 cm³/mol. The summed E-state index contributed by atoms with van der Waals surface area (Å²) in [6, 6.07) is 5.68. The van der Waals surface area contributed by atoms with Crippen LogP contribution in [0.2, 0.25) is 0 Å². The molecule has 0 radical (unpaired) electrons. The third-order valence-corrected chi connectivity index (χ3v) is 3.37. The van der Waals surface area contributed by atoms with Crippen molar-refractivity contribution < 1.29 is 14.6 Å². The number of carbonyl (C=O) groups is 1. The molecule has 0 aliphatic carbocycles. The second kappa shape index (κ2) is 7.29. The first-order valence-corrected chi connectivity index (χ1v) is 7.02. The molecule has 0 bridgehead atoms. The number of amides is 1. The van der Waals surface area contributed by atoms with Crippen molar-refractivity contribution >= 4 is 5.91 Å². The summed E-state index contributed by atoms with van der Waals surface area (Å²) in [6.45, 7) is 9.66. The van der Waals surface area contributed by atoms with Crippen molar-refractivity contribution in [1.82, 2.24) is 5.32 Å². The first-order chi connectivity index (χ1) is 9.31. The summed E-state index contributed by atoms with van der Waals surface area (Å²) in [5, 5.41) is 12.6. The van der Waals surface area contributed by atoms with Crippen LogP contribution in [0.5, 0.6) is 5.75 Å². The molecular formula is C16H25NO3. The molecule has 112 valence electrons. The first kappa shape index (κ1) is 16.5. The summed E-state index contributed by atoms with van der Waals surface area (Å²) in [5.74, 6) is 0.794. The van der Waals surface area contributed by atoms with E-state index in [9.17, 15) is 9.90 Å². The Kier molecular flexibility index (Phi) is 6.02. The summed E-state index contributed by atoms with van der Waals surface area (Å²) in [7, 11) is 0. The first-order valence-electron chi connectivity index (χ1n) is 7.02. The molecule has 0 aliphatic rings. The highest BCUT2D eigenvalue weighted by Crippen LogP contribution is 2.26. The van der Waals surface area contributed by atoms with Gasteiger partial charge in [0.2, 0.25) is 0 Å². The fourth-order valence-corrected chi connectivity index (χ4v) is 1.72. The Morgan fingerprint density at radius 1 is 1.30 bits per heavy atom. The van der Waals surface area contributed by atoms with Crippen molar-refractivity contribution in [2.75, 3.05) is 6.61 Å². The number of aliphatic hydroxyl groups is 1. The third kappa shape index (κ3) is 4.85. The number of ether oxygens (including phenoxy) is 1. The molecule has 0 heterocycles. The van der Waals surface area contributed by atoms with Crippen molar-refractivity contribution in [3.05, 3.63) is 29.3 Å². The van der Waals surface area contributed by atoms with Crippen molar-refractivity contribution in [3.63, 3.8) is 0 Å². The highest BCUT2D eigenvalue weighted by atomic mass is 16.5. The Morgan fingerprint density at radius 2 is 1.95 bits per heavy atom. The Morgan fingerprint density at radius 3 is 2.50 bits per heavy atom. The molecule has 0 saturated heterocycles. The predicted octanol–water partition coefficient (Wildman–Crippen LogP) is 2.59. The number of aryl methyl sites for hydroxylation is 1. The van der Waals surface area contributed by atoms with E-state index in [2.05, 4.69) is 19.2 Å².